The summed E-state index contributed by atoms with van der Waals surface area (Å²) in [5, 5.41) is 20.3. The molecule has 4 rings (SSSR count). The second kappa shape index (κ2) is 6.89. The molecule has 5 heteroatoms. The molecule has 1 heterocycles. The molecule has 0 aromatic heterocycles. The number of rotatable bonds is 2. The average Bonchev–Trinajstić information content (AvgIpc) is 2.67. The standard InChI is InChI=1S/C21H15IN2O2/c22-14-9-11-15(12-10-14)24-18(13-23)16-5-2-4-8-20(16)26-21(24)17-6-1-3-7-19(17)25/h1-12,18,21,25H/t18-,21+/m0/s1. The molecule has 0 saturated heterocycles. The van der Waals surface area contributed by atoms with E-state index in [1.807, 2.05) is 65.6 Å². The molecule has 0 unspecified atom stereocenters. The van der Waals surface area contributed by atoms with E-state index in [1.165, 1.54) is 0 Å². The Labute approximate surface area is 165 Å². The maximum absolute atomic E-state index is 10.4. The Kier molecular flexibility index (Phi) is 4.43. The van der Waals surface area contributed by atoms with Crippen LogP contribution in [0.4, 0.5) is 5.69 Å². The number of hydrogen-bond acceptors (Lipinski definition) is 4. The Hall–Kier alpha value is -2.72. The van der Waals surface area contributed by atoms with E-state index in [0.29, 0.717) is 11.3 Å². The minimum atomic E-state index is -0.601. The molecule has 0 radical (unpaired) electrons. The van der Waals surface area contributed by atoms with Crippen LogP contribution in [0.1, 0.15) is 23.4 Å². The van der Waals surface area contributed by atoms with Crippen molar-refractivity contribution in [3.8, 4) is 17.6 Å². The summed E-state index contributed by atoms with van der Waals surface area (Å²) < 4.78 is 7.35. The first kappa shape index (κ1) is 16.7. The first-order chi connectivity index (χ1) is 12.7. The lowest BCUT2D eigenvalue weighted by atomic mass is 9.99. The van der Waals surface area contributed by atoms with E-state index in [-0.39, 0.29) is 5.75 Å². The summed E-state index contributed by atoms with van der Waals surface area (Å²) in [6.07, 6.45) is -0.601. The molecule has 0 spiro atoms. The van der Waals surface area contributed by atoms with Crippen LogP contribution in [0.2, 0.25) is 0 Å². The number of hydrogen-bond donors (Lipinski definition) is 1. The summed E-state index contributed by atoms with van der Waals surface area (Å²) in [7, 11) is 0. The third kappa shape index (κ3) is 2.86. The highest BCUT2D eigenvalue weighted by Gasteiger charge is 2.38. The van der Waals surface area contributed by atoms with E-state index in [9.17, 15) is 10.4 Å². The lowest BCUT2D eigenvalue weighted by molar-refractivity contribution is 0.168. The molecule has 3 aromatic rings. The van der Waals surface area contributed by atoms with Gasteiger partial charge >= 0.3 is 0 Å². The summed E-state index contributed by atoms with van der Waals surface area (Å²) in [5.74, 6) is 0.804. The van der Waals surface area contributed by atoms with Gasteiger partial charge in [-0.1, -0.05) is 30.3 Å². The highest BCUT2D eigenvalue weighted by molar-refractivity contribution is 14.1. The van der Waals surface area contributed by atoms with Gasteiger partial charge in [0.1, 0.15) is 17.5 Å². The third-order valence-corrected chi connectivity index (χ3v) is 5.15. The summed E-state index contributed by atoms with van der Waals surface area (Å²) in [6, 6.07) is 24.4. The molecule has 0 saturated carbocycles. The van der Waals surface area contributed by atoms with Crippen LogP contribution in [0.5, 0.6) is 11.5 Å². The van der Waals surface area contributed by atoms with Gasteiger partial charge in [-0.15, -0.1) is 0 Å². The van der Waals surface area contributed by atoms with Gasteiger partial charge in [0.05, 0.1) is 11.6 Å². The Morgan fingerprint density at radius 2 is 1.58 bits per heavy atom. The topological polar surface area (TPSA) is 56.5 Å². The molecule has 3 aromatic carbocycles. The van der Waals surface area contributed by atoms with Crippen LogP contribution in [0.15, 0.2) is 72.8 Å². The predicted octanol–water partition coefficient (Wildman–Crippen LogP) is 5.16. The first-order valence-electron chi connectivity index (χ1n) is 8.16. The van der Waals surface area contributed by atoms with Gasteiger partial charge in [-0.05, 0) is 65.1 Å². The van der Waals surface area contributed by atoms with Gasteiger partial charge < -0.3 is 14.7 Å². The second-order valence-electron chi connectivity index (χ2n) is 5.98. The fraction of sp³-hybridized carbons (Fsp3) is 0.0952. The van der Waals surface area contributed by atoms with E-state index >= 15 is 0 Å². The fourth-order valence-corrected chi connectivity index (χ4v) is 3.57. The normalized spacial score (nSPS) is 18.5. The fourth-order valence-electron chi connectivity index (χ4n) is 3.22. The quantitative estimate of drug-likeness (QED) is 0.544. The van der Waals surface area contributed by atoms with E-state index in [0.717, 1.165) is 14.8 Å². The SMILES string of the molecule is N#C[C@H]1c2ccccc2O[C@H](c2ccccc2O)N1c1ccc(I)cc1. The Balaban J connectivity index is 1.91. The van der Waals surface area contributed by atoms with Gasteiger partial charge in [0.2, 0.25) is 6.23 Å². The number of phenolic OH excluding ortho intramolecular Hbond substituents is 1. The number of anilines is 1. The zero-order valence-corrected chi connectivity index (χ0v) is 15.9. The molecule has 4 nitrogen and oxygen atoms in total. The molecule has 0 bridgehead atoms. The van der Waals surface area contributed by atoms with Crippen molar-refractivity contribution < 1.29 is 9.84 Å². The highest BCUT2D eigenvalue weighted by Crippen LogP contribution is 2.46. The van der Waals surface area contributed by atoms with E-state index in [4.69, 9.17) is 4.74 Å². The Bertz CT molecular complexity index is 982. The van der Waals surface area contributed by atoms with E-state index in [2.05, 4.69) is 28.7 Å². The van der Waals surface area contributed by atoms with Crippen molar-refractivity contribution in [1.82, 2.24) is 0 Å². The number of phenols is 1. The summed E-state index contributed by atoms with van der Waals surface area (Å²) in [6.45, 7) is 0. The number of nitriles is 1. The summed E-state index contributed by atoms with van der Waals surface area (Å²) in [5.41, 5.74) is 2.31. The molecule has 0 aliphatic carbocycles. The molecule has 26 heavy (non-hydrogen) atoms. The lowest BCUT2D eigenvalue weighted by Crippen LogP contribution is -2.39. The monoisotopic (exact) mass is 454 g/mol. The number of benzene rings is 3. The largest absolute Gasteiger partial charge is 0.507 e. The van der Waals surface area contributed by atoms with E-state index < -0.39 is 12.3 Å². The predicted molar refractivity (Wildman–Crippen MR) is 108 cm³/mol. The molecule has 1 N–H and O–H groups in total. The number of halogens is 1. The zero-order chi connectivity index (χ0) is 18.1. The minimum Gasteiger partial charge on any atom is -0.507 e. The van der Waals surface area contributed by atoms with Crippen molar-refractivity contribution in [1.29, 1.82) is 5.26 Å². The van der Waals surface area contributed by atoms with Crippen molar-refractivity contribution in [2.45, 2.75) is 12.3 Å². The average molecular weight is 454 g/mol. The van der Waals surface area contributed by atoms with Crippen molar-refractivity contribution in [3.05, 3.63) is 87.5 Å². The minimum absolute atomic E-state index is 0.143. The molecule has 1 aliphatic heterocycles. The third-order valence-electron chi connectivity index (χ3n) is 4.43. The molecule has 2 atom stereocenters. The maximum atomic E-state index is 10.4. The van der Waals surface area contributed by atoms with Crippen molar-refractivity contribution in [2.24, 2.45) is 0 Å². The summed E-state index contributed by atoms with van der Waals surface area (Å²) >= 11 is 2.25. The highest BCUT2D eigenvalue weighted by atomic mass is 127. The number of ether oxygens (including phenoxy) is 1. The number of para-hydroxylation sites is 2. The van der Waals surface area contributed by atoms with Crippen LogP contribution in [-0.2, 0) is 0 Å². The number of nitrogens with zero attached hydrogens (tertiary/aromatic N) is 2. The lowest BCUT2D eigenvalue weighted by Gasteiger charge is -2.41. The van der Waals surface area contributed by atoms with Gasteiger partial charge in [-0.3, -0.25) is 0 Å². The van der Waals surface area contributed by atoms with Gasteiger partial charge in [0.15, 0.2) is 0 Å². The van der Waals surface area contributed by atoms with Gasteiger partial charge in [0, 0.05) is 14.8 Å². The van der Waals surface area contributed by atoms with Gasteiger partial charge in [0.25, 0.3) is 0 Å². The Morgan fingerprint density at radius 3 is 2.27 bits per heavy atom. The van der Waals surface area contributed by atoms with Crippen molar-refractivity contribution >= 4 is 28.3 Å². The van der Waals surface area contributed by atoms with Crippen LogP contribution in [0.3, 0.4) is 0 Å². The van der Waals surface area contributed by atoms with E-state index in [1.54, 1.807) is 12.1 Å². The molecular weight excluding hydrogens is 439 g/mol. The van der Waals surface area contributed by atoms with Crippen LogP contribution in [0.25, 0.3) is 0 Å². The second-order valence-corrected chi connectivity index (χ2v) is 7.23. The molecule has 128 valence electrons. The zero-order valence-electron chi connectivity index (χ0n) is 13.7. The maximum Gasteiger partial charge on any atom is 0.203 e. The molecule has 0 amide bonds. The van der Waals surface area contributed by atoms with Crippen molar-refractivity contribution in [3.63, 3.8) is 0 Å². The molecular formula is C21H15IN2O2. The number of aromatic hydroxyl groups is 1. The van der Waals surface area contributed by atoms with Crippen molar-refractivity contribution in [2.75, 3.05) is 4.90 Å². The van der Waals surface area contributed by atoms with Crippen LogP contribution in [-0.4, -0.2) is 5.11 Å². The molecule has 1 aliphatic rings. The van der Waals surface area contributed by atoms with Gasteiger partial charge in [-0.25, -0.2) is 0 Å². The number of fused-ring (bicyclic) bond motifs is 1. The first-order valence-corrected chi connectivity index (χ1v) is 9.24. The summed E-state index contributed by atoms with van der Waals surface area (Å²) in [4.78, 5) is 1.91. The van der Waals surface area contributed by atoms with Crippen LogP contribution < -0.4 is 9.64 Å². The van der Waals surface area contributed by atoms with Crippen LogP contribution >= 0.6 is 22.6 Å². The Morgan fingerprint density at radius 1 is 0.923 bits per heavy atom. The van der Waals surface area contributed by atoms with Crippen LogP contribution in [0, 0.1) is 14.9 Å². The van der Waals surface area contributed by atoms with Gasteiger partial charge in [-0.2, -0.15) is 5.26 Å². The molecule has 0 fully saturated rings. The smallest absolute Gasteiger partial charge is 0.203 e.